The molecule has 1 rings (SSSR count). The van der Waals surface area contributed by atoms with Crippen molar-refractivity contribution in [1.82, 2.24) is 4.90 Å². The zero-order valence-corrected chi connectivity index (χ0v) is 13.1. The number of methoxy groups -OCH3 is 1. The molecule has 0 radical (unpaired) electrons. The highest BCUT2D eigenvalue weighted by molar-refractivity contribution is 5.72. The molecule has 1 atom stereocenters. The first kappa shape index (κ1) is 16.5. The number of aryl methyl sites for hydroxylation is 2. The number of nitrogens with zero attached hydrogens (tertiary/aromatic N) is 1. The molecular weight excluding hydrogens is 254 g/mol. The van der Waals surface area contributed by atoms with Crippen molar-refractivity contribution in [2.75, 3.05) is 33.9 Å². The van der Waals surface area contributed by atoms with E-state index in [4.69, 9.17) is 9.47 Å². The number of ether oxygens (including phenoxy) is 2. The highest BCUT2D eigenvalue weighted by Gasteiger charge is 2.15. The highest BCUT2D eigenvalue weighted by atomic mass is 16.5. The molecule has 0 aliphatic carbocycles. The summed E-state index contributed by atoms with van der Waals surface area (Å²) in [4.78, 5) is 13.4. The lowest BCUT2D eigenvalue weighted by Crippen LogP contribution is -2.32. The summed E-state index contributed by atoms with van der Waals surface area (Å²) in [5.74, 6) is 0.607. The second-order valence-electron chi connectivity index (χ2n) is 5.36. The minimum atomic E-state index is -0.174. The van der Waals surface area contributed by atoms with E-state index in [0.29, 0.717) is 13.2 Å². The molecule has 4 heteroatoms. The molecule has 0 saturated carbocycles. The average Bonchev–Trinajstić information content (AvgIpc) is 2.36. The van der Waals surface area contributed by atoms with E-state index in [2.05, 4.69) is 24.8 Å². The summed E-state index contributed by atoms with van der Waals surface area (Å²) in [6, 6.07) is 6.19. The fourth-order valence-electron chi connectivity index (χ4n) is 2.17. The third-order valence-corrected chi connectivity index (χ3v) is 3.13. The Bertz CT molecular complexity index is 425. The molecule has 0 amide bonds. The Morgan fingerprint density at radius 2 is 1.85 bits per heavy atom. The molecule has 1 aromatic carbocycles. The van der Waals surface area contributed by atoms with E-state index in [-0.39, 0.29) is 11.9 Å². The fraction of sp³-hybridized carbons (Fsp3) is 0.562. The SMILES string of the molecule is COC(=O)C(C)CN(C)CCOc1cc(C)cc(C)c1. The van der Waals surface area contributed by atoms with Crippen molar-refractivity contribution < 1.29 is 14.3 Å². The van der Waals surface area contributed by atoms with Gasteiger partial charge in [0.15, 0.2) is 0 Å². The molecule has 0 heterocycles. The predicted octanol–water partition coefficient (Wildman–Crippen LogP) is 2.42. The van der Waals surface area contributed by atoms with Crippen LogP contribution in [0.1, 0.15) is 18.1 Å². The van der Waals surface area contributed by atoms with Gasteiger partial charge in [0.1, 0.15) is 12.4 Å². The molecule has 0 aromatic heterocycles. The van der Waals surface area contributed by atoms with Crippen molar-refractivity contribution >= 4 is 5.97 Å². The van der Waals surface area contributed by atoms with E-state index < -0.39 is 0 Å². The van der Waals surface area contributed by atoms with E-state index in [1.165, 1.54) is 18.2 Å². The number of likely N-dealkylation sites (N-methyl/N-ethyl adjacent to an activating group) is 1. The van der Waals surface area contributed by atoms with Gasteiger partial charge in [-0.15, -0.1) is 0 Å². The molecule has 0 bridgehead atoms. The Hall–Kier alpha value is -1.55. The summed E-state index contributed by atoms with van der Waals surface area (Å²) in [6.07, 6.45) is 0. The Morgan fingerprint density at radius 3 is 2.40 bits per heavy atom. The van der Waals surface area contributed by atoms with Gasteiger partial charge in [-0.3, -0.25) is 4.79 Å². The van der Waals surface area contributed by atoms with Crippen LogP contribution in [0.2, 0.25) is 0 Å². The summed E-state index contributed by atoms with van der Waals surface area (Å²) in [5, 5.41) is 0. The molecule has 20 heavy (non-hydrogen) atoms. The Morgan fingerprint density at radius 1 is 1.25 bits per heavy atom. The van der Waals surface area contributed by atoms with E-state index in [9.17, 15) is 4.79 Å². The number of rotatable bonds is 7. The van der Waals surface area contributed by atoms with Crippen LogP contribution in [-0.2, 0) is 9.53 Å². The first-order valence-corrected chi connectivity index (χ1v) is 6.90. The normalized spacial score (nSPS) is 12.3. The number of carbonyl (C=O) groups excluding carboxylic acids is 1. The third kappa shape index (κ3) is 5.61. The number of esters is 1. The molecule has 0 spiro atoms. The molecule has 1 aromatic rings. The van der Waals surface area contributed by atoms with Gasteiger partial charge in [-0.2, -0.15) is 0 Å². The lowest BCUT2D eigenvalue weighted by atomic mass is 10.1. The molecule has 0 aliphatic heterocycles. The molecule has 0 aliphatic rings. The zero-order valence-electron chi connectivity index (χ0n) is 13.1. The van der Waals surface area contributed by atoms with Crippen LogP contribution in [0, 0.1) is 19.8 Å². The van der Waals surface area contributed by atoms with Crippen molar-refractivity contribution in [1.29, 1.82) is 0 Å². The van der Waals surface area contributed by atoms with Gasteiger partial charge in [-0.05, 0) is 44.2 Å². The van der Waals surface area contributed by atoms with Gasteiger partial charge in [0.05, 0.1) is 13.0 Å². The van der Waals surface area contributed by atoms with Gasteiger partial charge < -0.3 is 14.4 Å². The Balaban J connectivity index is 2.34. The van der Waals surface area contributed by atoms with Crippen LogP contribution in [0.5, 0.6) is 5.75 Å². The monoisotopic (exact) mass is 279 g/mol. The second-order valence-corrected chi connectivity index (χ2v) is 5.36. The van der Waals surface area contributed by atoms with E-state index in [1.807, 2.05) is 26.1 Å². The topological polar surface area (TPSA) is 38.8 Å². The van der Waals surface area contributed by atoms with Gasteiger partial charge in [0.25, 0.3) is 0 Å². The smallest absolute Gasteiger partial charge is 0.309 e. The molecule has 0 fully saturated rings. The summed E-state index contributed by atoms with van der Waals surface area (Å²) in [6.45, 7) is 8.03. The molecule has 0 saturated heterocycles. The van der Waals surface area contributed by atoms with Crippen LogP contribution >= 0.6 is 0 Å². The maximum absolute atomic E-state index is 11.3. The van der Waals surface area contributed by atoms with Gasteiger partial charge >= 0.3 is 5.97 Å². The average molecular weight is 279 g/mol. The van der Waals surface area contributed by atoms with Crippen LogP contribution < -0.4 is 4.74 Å². The number of carbonyl (C=O) groups is 1. The highest BCUT2D eigenvalue weighted by Crippen LogP contribution is 2.16. The van der Waals surface area contributed by atoms with Crippen molar-refractivity contribution in [3.05, 3.63) is 29.3 Å². The lowest BCUT2D eigenvalue weighted by molar-refractivity contribution is -0.145. The molecule has 112 valence electrons. The molecule has 1 unspecified atom stereocenters. The Kier molecular flexibility index (Phi) is 6.52. The van der Waals surface area contributed by atoms with Gasteiger partial charge in [-0.25, -0.2) is 0 Å². The zero-order chi connectivity index (χ0) is 15.1. The van der Waals surface area contributed by atoms with Crippen molar-refractivity contribution in [2.24, 2.45) is 5.92 Å². The maximum atomic E-state index is 11.3. The van der Waals surface area contributed by atoms with E-state index in [0.717, 1.165) is 12.3 Å². The minimum absolute atomic E-state index is 0.119. The lowest BCUT2D eigenvalue weighted by Gasteiger charge is -2.20. The van der Waals surface area contributed by atoms with Crippen LogP contribution in [0.15, 0.2) is 18.2 Å². The number of benzene rings is 1. The van der Waals surface area contributed by atoms with Crippen LogP contribution in [-0.4, -0.2) is 44.7 Å². The van der Waals surface area contributed by atoms with E-state index >= 15 is 0 Å². The molecule has 4 nitrogen and oxygen atoms in total. The van der Waals surface area contributed by atoms with Gasteiger partial charge in [0, 0.05) is 13.1 Å². The summed E-state index contributed by atoms with van der Waals surface area (Å²) in [5.41, 5.74) is 2.40. The van der Waals surface area contributed by atoms with Gasteiger partial charge in [0.2, 0.25) is 0 Å². The van der Waals surface area contributed by atoms with Crippen LogP contribution in [0.3, 0.4) is 0 Å². The van der Waals surface area contributed by atoms with E-state index in [1.54, 1.807) is 0 Å². The maximum Gasteiger partial charge on any atom is 0.309 e. The standard InChI is InChI=1S/C16H25NO3/c1-12-8-13(2)10-15(9-12)20-7-6-17(4)11-14(3)16(18)19-5/h8-10,14H,6-7,11H2,1-5H3. The predicted molar refractivity (Wildman–Crippen MR) is 80.1 cm³/mol. The third-order valence-electron chi connectivity index (χ3n) is 3.13. The quantitative estimate of drug-likeness (QED) is 0.719. The van der Waals surface area contributed by atoms with Crippen LogP contribution in [0.25, 0.3) is 0 Å². The minimum Gasteiger partial charge on any atom is -0.492 e. The molecule has 0 N–H and O–H groups in total. The van der Waals surface area contributed by atoms with Crippen molar-refractivity contribution in [3.63, 3.8) is 0 Å². The molecular formula is C16H25NO3. The van der Waals surface area contributed by atoms with Gasteiger partial charge in [-0.1, -0.05) is 13.0 Å². The first-order chi connectivity index (χ1) is 9.42. The van der Waals surface area contributed by atoms with Crippen molar-refractivity contribution in [3.8, 4) is 5.75 Å². The summed E-state index contributed by atoms with van der Waals surface area (Å²) < 4.78 is 10.5. The second kappa shape index (κ2) is 7.90. The summed E-state index contributed by atoms with van der Waals surface area (Å²) >= 11 is 0. The fourth-order valence-corrected chi connectivity index (χ4v) is 2.17. The first-order valence-electron chi connectivity index (χ1n) is 6.90. The Labute approximate surface area is 121 Å². The number of hydrogen-bond donors (Lipinski definition) is 0. The largest absolute Gasteiger partial charge is 0.492 e. The summed E-state index contributed by atoms with van der Waals surface area (Å²) in [7, 11) is 3.40. The van der Waals surface area contributed by atoms with Crippen LogP contribution in [0.4, 0.5) is 0 Å². The van der Waals surface area contributed by atoms with Crippen molar-refractivity contribution in [2.45, 2.75) is 20.8 Å². The number of hydrogen-bond acceptors (Lipinski definition) is 4.